The minimum Gasteiger partial charge on any atom is -0.247 e. The van der Waals surface area contributed by atoms with Gasteiger partial charge in [0.2, 0.25) is 5.67 Å². The van der Waals surface area contributed by atoms with Crippen LogP contribution in [-0.4, -0.2) is 35.7 Å². The van der Waals surface area contributed by atoms with Gasteiger partial charge in [0, 0.05) is 5.25 Å². The van der Waals surface area contributed by atoms with Crippen LogP contribution >= 0.6 is 12.6 Å². The maximum absolute atomic E-state index is 13.5. The first-order valence-corrected chi connectivity index (χ1v) is 4.68. The molecule has 0 aromatic rings. The average Bonchev–Trinajstić information content (AvgIpc) is 2.25. The van der Waals surface area contributed by atoms with Crippen molar-refractivity contribution in [1.29, 1.82) is 0 Å². The van der Waals surface area contributed by atoms with E-state index in [0.717, 1.165) is 0 Å². The van der Waals surface area contributed by atoms with E-state index < -0.39 is 41.3 Å². The van der Waals surface area contributed by atoms with Crippen LogP contribution < -0.4 is 5.54 Å². The van der Waals surface area contributed by atoms with E-state index in [-0.39, 0.29) is 0 Å². The van der Waals surface area contributed by atoms with Crippen LogP contribution in [0.5, 0.6) is 0 Å². The molecule has 0 saturated carbocycles. The van der Waals surface area contributed by atoms with Crippen molar-refractivity contribution in [2.75, 3.05) is 6.67 Å². The van der Waals surface area contributed by atoms with Crippen LogP contribution in [0.1, 0.15) is 6.92 Å². The molecule has 0 aromatic heterocycles. The van der Waals surface area contributed by atoms with Crippen molar-refractivity contribution in [3.8, 4) is 0 Å². The van der Waals surface area contributed by atoms with Crippen molar-refractivity contribution in [2.24, 2.45) is 0 Å². The SMILES string of the molecule is CC(S)C(F)(CF)C(F)(F)C(F)(NF)C(F)F. The molecule has 104 valence electrons. The third kappa shape index (κ3) is 2.33. The highest BCUT2D eigenvalue weighted by atomic mass is 32.1. The number of hydrogen-bond acceptors (Lipinski definition) is 2. The van der Waals surface area contributed by atoms with Crippen molar-refractivity contribution in [3.05, 3.63) is 0 Å². The zero-order valence-electron chi connectivity index (χ0n) is 8.33. The lowest BCUT2D eigenvalue weighted by Gasteiger charge is -2.40. The molecule has 0 spiro atoms. The molecule has 0 aliphatic carbocycles. The van der Waals surface area contributed by atoms with Crippen molar-refractivity contribution in [1.82, 2.24) is 5.54 Å². The summed E-state index contributed by atoms with van der Waals surface area (Å²) in [4.78, 5) is 0. The van der Waals surface area contributed by atoms with Crippen LogP contribution in [0.3, 0.4) is 0 Å². The summed E-state index contributed by atoms with van der Waals surface area (Å²) in [7, 11) is 0. The maximum Gasteiger partial charge on any atom is 0.339 e. The molecule has 0 aromatic carbocycles. The largest absolute Gasteiger partial charge is 0.339 e. The average molecular weight is 291 g/mol. The molecule has 0 fully saturated rings. The molecule has 3 unspecified atom stereocenters. The monoisotopic (exact) mass is 291 g/mol. The van der Waals surface area contributed by atoms with Gasteiger partial charge in [-0.2, -0.15) is 21.4 Å². The second kappa shape index (κ2) is 5.17. The fourth-order valence-electron chi connectivity index (χ4n) is 0.998. The quantitative estimate of drug-likeness (QED) is 0.332. The Morgan fingerprint density at radius 1 is 1.18 bits per heavy atom. The molecule has 3 atom stereocenters. The Balaban J connectivity index is 5.64. The van der Waals surface area contributed by atoms with E-state index >= 15 is 0 Å². The minimum absolute atomic E-state index is 0.494. The van der Waals surface area contributed by atoms with Gasteiger partial charge in [-0.1, -0.05) is 6.92 Å². The predicted octanol–water partition coefficient (Wildman–Crippen LogP) is 3.02. The molecular formula is C7H9F8NS. The van der Waals surface area contributed by atoms with Gasteiger partial charge in [0.15, 0.2) is 0 Å². The lowest BCUT2D eigenvalue weighted by molar-refractivity contribution is -0.287. The Bertz CT molecular complexity index is 238. The summed E-state index contributed by atoms with van der Waals surface area (Å²) in [6.07, 6.45) is -4.61. The number of halogens is 8. The molecule has 10 heteroatoms. The topological polar surface area (TPSA) is 12.0 Å². The highest BCUT2D eigenvalue weighted by Gasteiger charge is 2.74. The fourth-order valence-corrected chi connectivity index (χ4v) is 1.23. The molecule has 17 heavy (non-hydrogen) atoms. The highest BCUT2D eigenvalue weighted by molar-refractivity contribution is 7.81. The minimum atomic E-state index is -5.67. The molecule has 0 amide bonds. The van der Waals surface area contributed by atoms with Crippen LogP contribution in [0, 0.1) is 0 Å². The highest BCUT2D eigenvalue weighted by Crippen LogP contribution is 2.48. The third-order valence-electron chi connectivity index (χ3n) is 2.27. The summed E-state index contributed by atoms with van der Waals surface area (Å²) in [6, 6.07) is 0. The van der Waals surface area contributed by atoms with E-state index in [9.17, 15) is 35.2 Å². The zero-order valence-corrected chi connectivity index (χ0v) is 9.23. The van der Waals surface area contributed by atoms with Crippen LogP contribution in [0.2, 0.25) is 0 Å². The zero-order chi connectivity index (χ0) is 14.1. The van der Waals surface area contributed by atoms with Crippen LogP contribution in [0.15, 0.2) is 0 Å². The molecule has 0 rings (SSSR count). The lowest BCUT2D eigenvalue weighted by Crippen LogP contribution is -2.69. The van der Waals surface area contributed by atoms with E-state index in [1.54, 1.807) is 0 Å². The number of rotatable bonds is 6. The normalized spacial score (nSPS) is 22.1. The first kappa shape index (κ1) is 16.8. The Morgan fingerprint density at radius 2 is 1.59 bits per heavy atom. The Hall–Kier alpha value is -0.250. The van der Waals surface area contributed by atoms with Gasteiger partial charge in [0.1, 0.15) is 6.67 Å². The van der Waals surface area contributed by atoms with E-state index in [1.165, 1.54) is 0 Å². The number of thiol groups is 1. The standard InChI is InChI=1S/C7H9F8NS/c1-3(17)5(11,2-8)7(13,14)6(12,16-15)4(9)10/h3-4,16-17H,2H2,1H3. The van der Waals surface area contributed by atoms with Gasteiger partial charge in [0.25, 0.3) is 6.43 Å². The van der Waals surface area contributed by atoms with Gasteiger partial charge in [-0.3, -0.25) is 0 Å². The van der Waals surface area contributed by atoms with Gasteiger partial charge in [-0.25, -0.2) is 22.0 Å². The van der Waals surface area contributed by atoms with Gasteiger partial charge in [-0.05, 0) is 0 Å². The van der Waals surface area contributed by atoms with Crippen LogP contribution in [0.4, 0.5) is 35.2 Å². The molecular weight excluding hydrogens is 282 g/mol. The van der Waals surface area contributed by atoms with E-state index in [2.05, 4.69) is 12.6 Å². The third-order valence-corrected chi connectivity index (χ3v) is 2.68. The van der Waals surface area contributed by atoms with Crippen molar-refractivity contribution >= 4 is 12.6 Å². The summed E-state index contributed by atoms with van der Waals surface area (Å²) in [5, 5.41) is -2.15. The van der Waals surface area contributed by atoms with Crippen molar-refractivity contribution < 1.29 is 35.2 Å². The summed E-state index contributed by atoms with van der Waals surface area (Å²) in [5.74, 6) is -11.0. The van der Waals surface area contributed by atoms with Crippen molar-refractivity contribution in [2.45, 2.75) is 36.0 Å². The van der Waals surface area contributed by atoms with E-state index in [4.69, 9.17) is 0 Å². The second-order valence-corrected chi connectivity index (χ2v) is 4.13. The van der Waals surface area contributed by atoms with Gasteiger partial charge < -0.3 is 0 Å². The Morgan fingerprint density at radius 3 is 1.76 bits per heavy atom. The second-order valence-electron chi connectivity index (χ2n) is 3.35. The van der Waals surface area contributed by atoms with E-state index in [1.807, 2.05) is 0 Å². The van der Waals surface area contributed by atoms with Crippen LogP contribution in [0.25, 0.3) is 0 Å². The molecule has 0 radical (unpaired) electrons. The predicted molar refractivity (Wildman–Crippen MR) is 47.3 cm³/mol. The van der Waals surface area contributed by atoms with E-state index in [0.29, 0.717) is 6.92 Å². The fraction of sp³-hybridized carbons (Fsp3) is 1.00. The van der Waals surface area contributed by atoms with Gasteiger partial charge in [0.05, 0.1) is 0 Å². The first-order valence-electron chi connectivity index (χ1n) is 4.17. The van der Waals surface area contributed by atoms with Gasteiger partial charge >= 0.3 is 11.7 Å². The summed E-state index contributed by atoms with van der Waals surface area (Å²) in [6.45, 7) is -1.91. The Labute approximate surface area is 96.9 Å². The number of alkyl halides is 7. The lowest BCUT2D eigenvalue weighted by atomic mass is 9.88. The maximum atomic E-state index is 13.5. The molecule has 0 aliphatic heterocycles. The molecule has 0 saturated heterocycles. The summed E-state index contributed by atoms with van der Waals surface area (Å²) in [5.41, 5.74) is -4.88. The summed E-state index contributed by atoms with van der Waals surface area (Å²) >= 11 is 3.13. The molecule has 1 nitrogen and oxygen atoms in total. The molecule has 0 heterocycles. The number of hydrogen-bond donors (Lipinski definition) is 2. The molecule has 0 aliphatic rings. The Kier molecular flexibility index (Phi) is 5.09. The number of nitrogens with one attached hydrogen (secondary N) is 1. The smallest absolute Gasteiger partial charge is 0.247 e. The molecule has 1 N–H and O–H groups in total. The van der Waals surface area contributed by atoms with Gasteiger partial charge in [-0.15, -0.1) is 10.0 Å². The van der Waals surface area contributed by atoms with Crippen LogP contribution in [-0.2, 0) is 0 Å². The summed E-state index contributed by atoms with van der Waals surface area (Å²) < 4.78 is 101. The molecule has 0 bridgehead atoms. The first-order chi connectivity index (χ1) is 7.51. The van der Waals surface area contributed by atoms with Crippen molar-refractivity contribution in [3.63, 3.8) is 0 Å².